The summed E-state index contributed by atoms with van der Waals surface area (Å²) >= 11 is 1.73. The van der Waals surface area contributed by atoms with Crippen LogP contribution in [0.1, 0.15) is 0 Å². The van der Waals surface area contributed by atoms with Crippen molar-refractivity contribution in [1.29, 1.82) is 0 Å². The third-order valence-electron chi connectivity index (χ3n) is 0.832. The van der Waals surface area contributed by atoms with Crippen LogP contribution >= 0.6 is 22.6 Å². The predicted molar refractivity (Wildman–Crippen MR) is 54.7 cm³/mol. The van der Waals surface area contributed by atoms with E-state index in [0.717, 1.165) is 18.7 Å². The summed E-state index contributed by atoms with van der Waals surface area (Å²) < 4.78 is 45.1. The Hall–Kier alpha value is 0.170. The molecule has 0 radical (unpaired) electrons. The van der Waals surface area contributed by atoms with Gasteiger partial charge in [-0.1, -0.05) is 22.6 Å². The number of hydrogen-bond donors (Lipinski definition) is 0. The van der Waals surface area contributed by atoms with Crippen LogP contribution in [0.5, 0.6) is 0 Å². The molecule has 12 heavy (non-hydrogen) atoms. The maximum atomic E-state index is 10.9. The molecule has 0 bridgehead atoms. The zero-order chi connectivity index (χ0) is 9.99. The summed E-state index contributed by atoms with van der Waals surface area (Å²) in [6.07, 6.45) is 2.63. The molecule has 0 aliphatic rings. The normalized spacial score (nSPS) is 13.6. The van der Waals surface area contributed by atoms with Crippen molar-refractivity contribution in [1.82, 2.24) is 3.71 Å². The lowest BCUT2D eigenvalue weighted by Gasteiger charge is -2.13. The van der Waals surface area contributed by atoms with Gasteiger partial charge in [-0.3, -0.25) is 0 Å². The summed E-state index contributed by atoms with van der Waals surface area (Å²) in [5, 5.41) is 0. The fraction of sp³-hybridized carbons (Fsp3) is 0.500. The zero-order valence-corrected chi connectivity index (χ0v) is 10.2. The van der Waals surface area contributed by atoms with Gasteiger partial charge in [-0.2, -0.15) is 3.71 Å². The van der Waals surface area contributed by atoms with E-state index in [9.17, 15) is 16.8 Å². The van der Waals surface area contributed by atoms with Gasteiger partial charge in [-0.15, -0.1) is 0 Å². The first-order chi connectivity index (χ1) is 5.19. The fourth-order valence-electron chi connectivity index (χ4n) is 0.513. The Bertz CT molecular complexity index is 336. The zero-order valence-electron chi connectivity index (χ0n) is 6.43. The molecule has 0 aromatic heterocycles. The highest BCUT2D eigenvalue weighted by Crippen LogP contribution is 2.06. The Labute approximate surface area is 85.7 Å². The van der Waals surface area contributed by atoms with Crippen LogP contribution in [0.25, 0.3) is 0 Å². The Balaban J connectivity index is 5.26. The second-order valence-corrected chi connectivity index (χ2v) is 6.70. The van der Waals surface area contributed by atoms with Crippen LogP contribution < -0.4 is 0 Å². The van der Waals surface area contributed by atoms with Gasteiger partial charge in [0.15, 0.2) is 0 Å². The van der Waals surface area contributed by atoms with Gasteiger partial charge >= 0.3 is 0 Å². The highest BCUT2D eigenvalue weighted by molar-refractivity contribution is 14.1. The molecule has 0 aliphatic heterocycles. The molecule has 0 spiro atoms. The largest absolute Gasteiger partial charge is 0.244 e. The topological polar surface area (TPSA) is 71.5 Å². The van der Waals surface area contributed by atoms with Crippen LogP contribution in [-0.2, 0) is 20.0 Å². The molecule has 0 aromatic carbocycles. The lowest BCUT2D eigenvalue weighted by atomic mass is 11.1. The fourth-order valence-corrected chi connectivity index (χ4v) is 3.80. The van der Waals surface area contributed by atoms with Gasteiger partial charge in [0.25, 0.3) is 0 Å². The van der Waals surface area contributed by atoms with Crippen LogP contribution in [0.4, 0.5) is 0 Å². The van der Waals surface area contributed by atoms with Crippen LogP contribution in [0.15, 0.2) is 10.3 Å². The molecule has 72 valence electrons. The Morgan fingerprint density at radius 3 is 1.50 bits per heavy atom. The van der Waals surface area contributed by atoms with Gasteiger partial charge < -0.3 is 0 Å². The van der Waals surface area contributed by atoms with Crippen LogP contribution in [0, 0.1) is 0 Å². The molecule has 0 heterocycles. The highest BCUT2D eigenvalue weighted by Gasteiger charge is 2.21. The van der Waals surface area contributed by atoms with Crippen molar-refractivity contribution in [2.45, 2.75) is 0 Å². The quantitative estimate of drug-likeness (QED) is 0.691. The van der Waals surface area contributed by atoms with Crippen LogP contribution in [0.2, 0.25) is 0 Å². The molecular weight excluding hydrogens is 317 g/mol. The maximum absolute atomic E-state index is 10.9. The molecule has 0 N–H and O–H groups in total. The molecule has 0 aromatic rings. The number of sulfonamides is 2. The number of nitrogens with zero attached hydrogens (tertiary/aromatic N) is 1. The second-order valence-electron chi connectivity index (χ2n) is 2.03. The van der Waals surface area contributed by atoms with Crippen molar-refractivity contribution in [3.05, 3.63) is 10.3 Å². The van der Waals surface area contributed by atoms with Gasteiger partial charge in [0.05, 0.1) is 12.5 Å². The van der Waals surface area contributed by atoms with Gasteiger partial charge in [0.1, 0.15) is 0 Å². The van der Waals surface area contributed by atoms with Gasteiger partial charge in [-0.05, 0) is 4.08 Å². The standard InChI is InChI=1S/C4H8INO4S2/c1-11(7,8)6(4-3-5)12(2,9)10/h3-4H,1-2H3/b4-3-. The highest BCUT2D eigenvalue weighted by atomic mass is 127. The lowest BCUT2D eigenvalue weighted by Crippen LogP contribution is -2.30. The Morgan fingerprint density at radius 2 is 1.42 bits per heavy atom. The Morgan fingerprint density at radius 1 is 1.08 bits per heavy atom. The molecular formula is C4H8INO4S2. The summed E-state index contributed by atoms with van der Waals surface area (Å²) in [7, 11) is -7.46. The van der Waals surface area contributed by atoms with E-state index >= 15 is 0 Å². The molecule has 0 rings (SSSR count). The summed E-state index contributed by atoms with van der Waals surface area (Å²) in [6.45, 7) is 0. The SMILES string of the molecule is CS(=O)(=O)N(/C=C\I)S(C)(=O)=O. The molecule has 0 atom stereocenters. The van der Waals surface area contributed by atoms with E-state index in [1.54, 1.807) is 22.6 Å². The molecule has 8 heteroatoms. The van der Waals surface area contributed by atoms with E-state index < -0.39 is 20.0 Å². The third-order valence-corrected chi connectivity index (χ3v) is 4.33. The van der Waals surface area contributed by atoms with Crippen LogP contribution in [-0.4, -0.2) is 33.1 Å². The van der Waals surface area contributed by atoms with Crippen molar-refractivity contribution in [3.8, 4) is 0 Å². The van der Waals surface area contributed by atoms with E-state index in [1.807, 2.05) is 0 Å². The van der Waals surface area contributed by atoms with E-state index in [-0.39, 0.29) is 0 Å². The first-order valence-corrected chi connectivity index (χ1v) is 7.60. The first kappa shape index (κ1) is 12.2. The van der Waals surface area contributed by atoms with Gasteiger partial charge in [0.2, 0.25) is 20.0 Å². The van der Waals surface area contributed by atoms with Gasteiger partial charge in [-0.25, -0.2) is 16.8 Å². The molecule has 0 amide bonds. The van der Waals surface area contributed by atoms with Crippen molar-refractivity contribution in [3.63, 3.8) is 0 Å². The van der Waals surface area contributed by atoms with Crippen LogP contribution in [0.3, 0.4) is 0 Å². The van der Waals surface area contributed by atoms with Crippen molar-refractivity contribution < 1.29 is 16.8 Å². The van der Waals surface area contributed by atoms with Crippen molar-refractivity contribution >= 4 is 42.6 Å². The van der Waals surface area contributed by atoms with E-state index in [0.29, 0.717) is 3.71 Å². The summed E-state index contributed by atoms with van der Waals surface area (Å²) in [5.41, 5.74) is 0. The average Bonchev–Trinajstić information content (AvgIpc) is 1.77. The Kier molecular flexibility index (Phi) is 3.97. The smallest absolute Gasteiger partial charge is 0.206 e. The van der Waals surface area contributed by atoms with E-state index in [1.165, 1.54) is 4.08 Å². The maximum Gasteiger partial charge on any atom is 0.244 e. The molecule has 5 nitrogen and oxygen atoms in total. The molecule has 0 saturated carbocycles. The van der Waals surface area contributed by atoms with Crippen molar-refractivity contribution in [2.75, 3.05) is 12.5 Å². The van der Waals surface area contributed by atoms with E-state index in [2.05, 4.69) is 0 Å². The number of rotatable bonds is 3. The summed E-state index contributed by atoms with van der Waals surface area (Å²) in [6, 6.07) is 0. The molecule has 0 unspecified atom stereocenters. The minimum absolute atomic E-state index is 0.312. The minimum atomic E-state index is -3.73. The third kappa shape index (κ3) is 3.72. The first-order valence-electron chi connectivity index (χ1n) is 2.66. The molecule has 0 aliphatic carbocycles. The monoisotopic (exact) mass is 325 g/mol. The average molecular weight is 325 g/mol. The minimum Gasteiger partial charge on any atom is -0.206 e. The summed E-state index contributed by atoms with van der Waals surface area (Å²) in [5.74, 6) is 0. The van der Waals surface area contributed by atoms with E-state index in [4.69, 9.17) is 0 Å². The van der Waals surface area contributed by atoms with Gasteiger partial charge in [0, 0.05) is 6.20 Å². The number of halogens is 1. The molecule has 0 fully saturated rings. The second kappa shape index (κ2) is 3.92. The predicted octanol–water partition coefficient (Wildman–Crippen LogP) is 0.114. The number of hydrogen-bond acceptors (Lipinski definition) is 4. The van der Waals surface area contributed by atoms with Crippen molar-refractivity contribution in [2.24, 2.45) is 0 Å². The summed E-state index contributed by atoms with van der Waals surface area (Å²) in [4.78, 5) is 0. The molecule has 0 saturated heterocycles. The lowest BCUT2D eigenvalue weighted by molar-refractivity contribution is 0.545.